The molecule has 1 aromatic carbocycles. The number of hydrogen-bond donors (Lipinski definition) is 2. The van der Waals surface area contributed by atoms with E-state index in [1.165, 1.54) is 23.3 Å². The number of ether oxygens (including phenoxy) is 1. The van der Waals surface area contributed by atoms with Crippen LogP contribution >= 0.6 is 0 Å². The van der Waals surface area contributed by atoms with Gasteiger partial charge in [0.1, 0.15) is 5.70 Å². The monoisotopic (exact) mass is 331 g/mol. The summed E-state index contributed by atoms with van der Waals surface area (Å²) < 4.78 is 4.78. The van der Waals surface area contributed by atoms with E-state index in [0.717, 1.165) is 18.7 Å². The number of β-amino-alcohol motifs (C(OH)–C–C–N with tert-alkyl or cyclic N) is 1. The maximum atomic E-state index is 12.5. The van der Waals surface area contributed by atoms with Crippen molar-refractivity contribution in [3.63, 3.8) is 0 Å². The van der Waals surface area contributed by atoms with Crippen molar-refractivity contribution in [1.29, 1.82) is 0 Å². The SMILES string of the molecule is COC(=O)C1=C(Nc2ccc3c(c2)CCN3C)C(=O)N(CCO)C1. The molecule has 0 spiro atoms. The van der Waals surface area contributed by atoms with E-state index in [4.69, 9.17) is 9.84 Å². The number of benzene rings is 1. The van der Waals surface area contributed by atoms with E-state index in [0.29, 0.717) is 0 Å². The van der Waals surface area contributed by atoms with Crippen molar-refractivity contribution in [2.24, 2.45) is 0 Å². The van der Waals surface area contributed by atoms with E-state index in [1.807, 2.05) is 25.2 Å². The minimum Gasteiger partial charge on any atom is -0.466 e. The van der Waals surface area contributed by atoms with Crippen LogP contribution in [0.25, 0.3) is 0 Å². The van der Waals surface area contributed by atoms with Crippen LogP contribution in [0.2, 0.25) is 0 Å². The highest BCUT2D eigenvalue weighted by molar-refractivity contribution is 6.08. The Bertz CT molecular complexity index is 714. The van der Waals surface area contributed by atoms with Crippen LogP contribution in [0.3, 0.4) is 0 Å². The third kappa shape index (κ3) is 2.82. The quantitative estimate of drug-likeness (QED) is 0.758. The molecule has 0 fully saturated rings. The molecule has 7 heteroatoms. The zero-order valence-corrected chi connectivity index (χ0v) is 13.8. The van der Waals surface area contributed by atoms with Crippen LogP contribution in [-0.2, 0) is 20.7 Å². The predicted molar refractivity (Wildman–Crippen MR) is 89.7 cm³/mol. The summed E-state index contributed by atoms with van der Waals surface area (Å²) in [6.45, 7) is 1.14. The molecule has 0 saturated carbocycles. The smallest absolute Gasteiger partial charge is 0.337 e. The number of aliphatic hydroxyl groups is 1. The van der Waals surface area contributed by atoms with Gasteiger partial charge in [-0.1, -0.05) is 0 Å². The molecule has 7 nitrogen and oxygen atoms in total. The average molecular weight is 331 g/mol. The number of carbonyl (C=O) groups is 2. The molecule has 0 atom stereocenters. The number of nitrogens with zero attached hydrogens (tertiary/aromatic N) is 2. The molecule has 0 unspecified atom stereocenters. The number of nitrogens with one attached hydrogen (secondary N) is 1. The normalized spacial score (nSPS) is 16.7. The summed E-state index contributed by atoms with van der Waals surface area (Å²) in [6, 6.07) is 5.90. The second-order valence-electron chi connectivity index (χ2n) is 5.94. The Morgan fingerprint density at radius 3 is 2.92 bits per heavy atom. The number of fused-ring (bicyclic) bond motifs is 1. The fraction of sp³-hybridized carbons (Fsp3) is 0.412. The first-order valence-electron chi connectivity index (χ1n) is 7.88. The lowest BCUT2D eigenvalue weighted by atomic mass is 10.1. The first-order chi connectivity index (χ1) is 11.5. The summed E-state index contributed by atoms with van der Waals surface area (Å²) in [5.41, 5.74) is 3.66. The summed E-state index contributed by atoms with van der Waals surface area (Å²) in [5, 5.41) is 12.2. The Morgan fingerprint density at radius 1 is 1.42 bits per heavy atom. The van der Waals surface area contributed by atoms with Gasteiger partial charge in [-0.15, -0.1) is 0 Å². The number of esters is 1. The molecule has 0 bridgehead atoms. The van der Waals surface area contributed by atoms with Gasteiger partial charge in [0.05, 0.1) is 25.8 Å². The Balaban J connectivity index is 1.88. The van der Waals surface area contributed by atoms with E-state index in [2.05, 4.69) is 10.2 Å². The van der Waals surface area contributed by atoms with E-state index in [9.17, 15) is 9.59 Å². The van der Waals surface area contributed by atoms with Crippen LogP contribution in [0.15, 0.2) is 29.5 Å². The molecular formula is C17H21N3O4. The summed E-state index contributed by atoms with van der Waals surface area (Å²) in [7, 11) is 3.33. The Kier molecular flexibility index (Phi) is 4.44. The number of rotatable bonds is 5. The summed E-state index contributed by atoms with van der Waals surface area (Å²) in [4.78, 5) is 28.1. The van der Waals surface area contributed by atoms with Gasteiger partial charge >= 0.3 is 5.97 Å². The minimum atomic E-state index is -0.535. The standard InChI is InChI=1S/C17H21N3O4/c1-19-6-5-11-9-12(3-4-14(11)19)18-15-13(17(23)24-2)10-20(7-8-21)16(15)22/h3-4,9,18,21H,5-8,10H2,1-2H3. The highest BCUT2D eigenvalue weighted by atomic mass is 16.5. The van der Waals surface area contributed by atoms with Crippen LogP contribution in [0, 0.1) is 0 Å². The maximum absolute atomic E-state index is 12.5. The topological polar surface area (TPSA) is 82.1 Å². The van der Waals surface area contributed by atoms with Gasteiger partial charge in [0.25, 0.3) is 5.91 Å². The lowest BCUT2D eigenvalue weighted by Gasteiger charge is -2.15. The van der Waals surface area contributed by atoms with Gasteiger partial charge < -0.3 is 25.0 Å². The number of likely N-dealkylation sites (N-methyl/N-ethyl adjacent to an activating group) is 1. The van der Waals surface area contributed by atoms with Gasteiger partial charge in [0.15, 0.2) is 0 Å². The van der Waals surface area contributed by atoms with Crippen molar-refractivity contribution < 1.29 is 19.4 Å². The molecule has 2 aliphatic rings. The molecule has 0 saturated heterocycles. The van der Waals surface area contributed by atoms with Crippen molar-refractivity contribution in [2.75, 3.05) is 50.6 Å². The van der Waals surface area contributed by atoms with Crippen molar-refractivity contribution in [1.82, 2.24) is 4.90 Å². The molecule has 1 amide bonds. The van der Waals surface area contributed by atoms with Gasteiger partial charge in [-0.25, -0.2) is 4.79 Å². The summed E-state index contributed by atoms with van der Waals surface area (Å²) in [5.74, 6) is -0.839. The Labute approximate surface area is 140 Å². The molecule has 128 valence electrons. The van der Waals surface area contributed by atoms with Gasteiger partial charge in [-0.05, 0) is 30.2 Å². The van der Waals surface area contributed by atoms with Crippen LogP contribution in [0.4, 0.5) is 11.4 Å². The van der Waals surface area contributed by atoms with E-state index in [1.54, 1.807) is 0 Å². The Morgan fingerprint density at radius 2 is 2.21 bits per heavy atom. The third-order valence-corrected chi connectivity index (χ3v) is 4.43. The lowest BCUT2D eigenvalue weighted by molar-refractivity contribution is -0.136. The first kappa shape index (κ1) is 16.3. The predicted octanol–water partition coefficient (Wildman–Crippen LogP) is 0.352. The molecule has 1 aromatic rings. The fourth-order valence-corrected chi connectivity index (χ4v) is 3.14. The van der Waals surface area contributed by atoms with Gasteiger partial charge in [0.2, 0.25) is 0 Å². The molecular weight excluding hydrogens is 310 g/mol. The third-order valence-electron chi connectivity index (χ3n) is 4.43. The molecule has 2 heterocycles. The Hall–Kier alpha value is -2.54. The zero-order chi connectivity index (χ0) is 17.3. The highest BCUT2D eigenvalue weighted by Gasteiger charge is 2.34. The van der Waals surface area contributed by atoms with Crippen LogP contribution < -0.4 is 10.2 Å². The summed E-state index contributed by atoms with van der Waals surface area (Å²) in [6.07, 6.45) is 0.953. The maximum Gasteiger partial charge on any atom is 0.337 e. The molecule has 24 heavy (non-hydrogen) atoms. The molecule has 3 rings (SSSR count). The zero-order valence-electron chi connectivity index (χ0n) is 13.8. The molecule has 2 aliphatic heterocycles. The number of amides is 1. The largest absolute Gasteiger partial charge is 0.466 e. The number of aliphatic hydroxyl groups excluding tert-OH is 1. The second-order valence-corrected chi connectivity index (χ2v) is 5.94. The number of hydrogen-bond acceptors (Lipinski definition) is 6. The van der Waals surface area contributed by atoms with Crippen LogP contribution in [0.5, 0.6) is 0 Å². The van der Waals surface area contributed by atoms with E-state index < -0.39 is 5.97 Å². The minimum absolute atomic E-state index is 0.141. The second kappa shape index (κ2) is 6.52. The van der Waals surface area contributed by atoms with Gasteiger partial charge in [-0.2, -0.15) is 0 Å². The number of anilines is 2. The summed E-state index contributed by atoms with van der Waals surface area (Å²) >= 11 is 0. The average Bonchev–Trinajstić information content (AvgIpc) is 3.09. The van der Waals surface area contributed by atoms with E-state index in [-0.39, 0.29) is 36.9 Å². The highest BCUT2D eigenvalue weighted by Crippen LogP contribution is 2.30. The van der Waals surface area contributed by atoms with Gasteiger partial charge in [0, 0.05) is 31.5 Å². The van der Waals surface area contributed by atoms with Crippen molar-refractivity contribution in [2.45, 2.75) is 6.42 Å². The van der Waals surface area contributed by atoms with Crippen LogP contribution in [0.1, 0.15) is 5.56 Å². The number of carbonyl (C=O) groups excluding carboxylic acids is 2. The molecule has 0 radical (unpaired) electrons. The fourth-order valence-electron chi connectivity index (χ4n) is 3.14. The first-order valence-corrected chi connectivity index (χ1v) is 7.88. The van der Waals surface area contributed by atoms with Gasteiger partial charge in [-0.3, -0.25) is 4.79 Å². The lowest BCUT2D eigenvalue weighted by Crippen LogP contribution is -2.31. The molecule has 0 aliphatic carbocycles. The van der Waals surface area contributed by atoms with Crippen molar-refractivity contribution in [3.8, 4) is 0 Å². The van der Waals surface area contributed by atoms with Crippen molar-refractivity contribution in [3.05, 3.63) is 35.0 Å². The molecule has 0 aromatic heterocycles. The van der Waals surface area contributed by atoms with Crippen molar-refractivity contribution >= 4 is 23.3 Å². The van der Waals surface area contributed by atoms with Crippen LogP contribution in [-0.4, -0.2) is 62.3 Å². The molecule has 2 N–H and O–H groups in total. The number of methoxy groups -OCH3 is 1. The van der Waals surface area contributed by atoms with E-state index >= 15 is 0 Å².